The Morgan fingerprint density at radius 3 is 2.43 bits per heavy atom. The molecule has 0 radical (unpaired) electrons. The van der Waals surface area contributed by atoms with Crippen LogP contribution in [0.1, 0.15) is 24.1 Å². The molecule has 9 nitrogen and oxygen atoms in total. The number of aromatic nitrogens is 3. The molecule has 1 aliphatic heterocycles. The van der Waals surface area contributed by atoms with Crippen LogP contribution in [0.3, 0.4) is 0 Å². The molecular formula is C28H27N5O4. The average molecular weight is 498 g/mol. The number of primary amides is 1. The zero-order valence-corrected chi connectivity index (χ0v) is 20.8. The Labute approximate surface area is 214 Å². The maximum atomic E-state index is 12.6. The highest BCUT2D eigenvalue weighted by Crippen LogP contribution is 2.39. The molecule has 1 atom stereocenters. The Balaban J connectivity index is 1.53. The molecule has 5 rings (SSSR count). The van der Waals surface area contributed by atoms with Crippen molar-refractivity contribution in [2.45, 2.75) is 19.6 Å². The summed E-state index contributed by atoms with van der Waals surface area (Å²) in [4.78, 5) is 17.3. The van der Waals surface area contributed by atoms with E-state index in [-0.39, 0.29) is 0 Å². The average Bonchev–Trinajstić information content (AvgIpc) is 3.35. The van der Waals surface area contributed by atoms with Crippen LogP contribution in [0.5, 0.6) is 17.2 Å². The van der Waals surface area contributed by atoms with E-state index in [0.29, 0.717) is 41.1 Å². The van der Waals surface area contributed by atoms with Gasteiger partial charge in [0.25, 0.3) is 0 Å². The van der Waals surface area contributed by atoms with E-state index in [1.54, 1.807) is 25.8 Å². The van der Waals surface area contributed by atoms with Crippen molar-refractivity contribution < 1.29 is 19.0 Å². The number of nitrogens with zero attached hydrogens (tertiary/aromatic N) is 3. The van der Waals surface area contributed by atoms with Crippen molar-refractivity contribution in [1.29, 1.82) is 0 Å². The summed E-state index contributed by atoms with van der Waals surface area (Å²) >= 11 is 0. The first kappa shape index (κ1) is 23.9. The van der Waals surface area contributed by atoms with Gasteiger partial charge >= 0.3 is 0 Å². The van der Waals surface area contributed by atoms with Crippen LogP contribution in [0, 0.1) is 0 Å². The molecule has 3 N–H and O–H groups in total. The Hall–Kier alpha value is -4.79. The Morgan fingerprint density at radius 1 is 1.00 bits per heavy atom. The van der Waals surface area contributed by atoms with Crippen molar-refractivity contribution in [3.8, 4) is 28.6 Å². The van der Waals surface area contributed by atoms with Gasteiger partial charge in [-0.05, 0) is 54.4 Å². The summed E-state index contributed by atoms with van der Waals surface area (Å²) in [5, 5.41) is 7.91. The lowest BCUT2D eigenvalue weighted by atomic mass is 9.95. The van der Waals surface area contributed by atoms with E-state index in [1.807, 2.05) is 72.8 Å². The first-order chi connectivity index (χ1) is 18.0. The van der Waals surface area contributed by atoms with Gasteiger partial charge in [-0.3, -0.25) is 4.79 Å². The van der Waals surface area contributed by atoms with E-state index in [0.717, 1.165) is 22.4 Å². The van der Waals surface area contributed by atoms with E-state index >= 15 is 0 Å². The van der Waals surface area contributed by atoms with E-state index < -0.39 is 11.9 Å². The number of anilines is 1. The molecule has 9 heteroatoms. The topological polar surface area (TPSA) is 114 Å². The van der Waals surface area contributed by atoms with Gasteiger partial charge in [0.05, 0.1) is 19.8 Å². The molecule has 188 valence electrons. The molecule has 4 aromatic rings. The number of allylic oxidation sites excluding steroid dienone is 1. The fourth-order valence-corrected chi connectivity index (χ4v) is 4.35. The van der Waals surface area contributed by atoms with Crippen molar-refractivity contribution in [2.75, 3.05) is 19.5 Å². The molecule has 3 aromatic carbocycles. The van der Waals surface area contributed by atoms with Crippen LogP contribution in [0.25, 0.3) is 11.4 Å². The molecule has 0 spiro atoms. The number of hydrogen-bond acceptors (Lipinski definition) is 7. The molecule has 0 saturated heterocycles. The standard InChI is InChI=1S/C28H27N5O4/c1-17-24(26(29)34)25(33-28(30-17)31-27(32-33)19-9-12-21(35-2)13-10-19)20-11-14-22(23(15-20)36-3)37-16-18-7-5-4-6-8-18/h4-15,25H,16H2,1-3H3,(H2,29,34)(H,30,31,32). The van der Waals surface area contributed by atoms with Crippen LogP contribution < -0.4 is 25.3 Å². The van der Waals surface area contributed by atoms with Crippen molar-refractivity contribution in [1.82, 2.24) is 14.8 Å². The summed E-state index contributed by atoms with van der Waals surface area (Å²) in [5.41, 5.74) is 9.44. The molecule has 0 saturated carbocycles. The zero-order chi connectivity index (χ0) is 25.9. The van der Waals surface area contributed by atoms with Gasteiger partial charge in [-0.1, -0.05) is 36.4 Å². The minimum Gasteiger partial charge on any atom is -0.497 e. The van der Waals surface area contributed by atoms with Gasteiger partial charge < -0.3 is 25.3 Å². The van der Waals surface area contributed by atoms with Crippen LogP contribution in [-0.4, -0.2) is 34.9 Å². The Bertz CT molecular complexity index is 1460. The Morgan fingerprint density at radius 2 is 1.76 bits per heavy atom. The summed E-state index contributed by atoms with van der Waals surface area (Å²) in [6.45, 7) is 2.20. The normalized spacial score (nSPS) is 14.5. The molecule has 0 fully saturated rings. The molecule has 2 heterocycles. The molecule has 1 aliphatic rings. The van der Waals surface area contributed by atoms with Gasteiger partial charge in [-0.2, -0.15) is 4.98 Å². The fourth-order valence-electron chi connectivity index (χ4n) is 4.35. The maximum absolute atomic E-state index is 12.6. The predicted octanol–water partition coefficient (Wildman–Crippen LogP) is 4.32. The highest BCUT2D eigenvalue weighted by molar-refractivity contribution is 5.95. The molecule has 0 bridgehead atoms. The lowest BCUT2D eigenvalue weighted by Crippen LogP contribution is -2.31. The highest BCUT2D eigenvalue weighted by Gasteiger charge is 2.34. The molecule has 0 aliphatic carbocycles. The van der Waals surface area contributed by atoms with Gasteiger partial charge in [0.1, 0.15) is 18.4 Å². The van der Waals surface area contributed by atoms with Gasteiger partial charge in [-0.15, -0.1) is 5.10 Å². The second-order valence-corrected chi connectivity index (χ2v) is 8.55. The number of carbonyl (C=O) groups excluding carboxylic acids is 1. The van der Waals surface area contributed by atoms with Crippen molar-refractivity contribution in [2.24, 2.45) is 5.73 Å². The molecular weight excluding hydrogens is 470 g/mol. The number of rotatable bonds is 8. The third-order valence-electron chi connectivity index (χ3n) is 6.21. The van der Waals surface area contributed by atoms with Gasteiger partial charge in [0, 0.05) is 11.3 Å². The van der Waals surface area contributed by atoms with E-state index in [9.17, 15) is 4.79 Å². The van der Waals surface area contributed by atoms with Crippen LogP contribution >= 0.6 is 0 Å². The zero-order valence-electron chi connectivity index (χ0n) is 20.8. The molecule has 1 amide bonds. The summed E-state index contributed by atoms with van der Waals surface area (Å²) in [7, 11) is 3.19. The number of nitrogens with two attached hydrogens (primary N) is 1. The smallest absolute Gasteiger partial charge is 0.248 e. The molecule has 1 unspecified atom stereocenters. The Kier molecular flexibility index (Phi) is 6.51. The van der Waals surface area contributed by atoms with Crippen LogP contribution in [0.15, 0.2) is 84.1 Å². The maximum Gasteiger partial charge on any atom is 0.248 e. The van der Waals surface area contributed by atoms with Gasteiger partial charge in [0.2, 0.25) is 11.9 Å². The summed E-state index contributed by atoms with van der Waals surface area (Å²) in [6, 6.07) is 22.3. The van der Waals surface area contributed by atoms with Crippen molar-refractivity contribution in [3.63, 3.8) is 0 Å². The van der Waals surface area contributed by atoms with Gasteiger partial charge in [-0.25, -0.2) is 4.68 Å². The number of methoxy groups -OCH3 is 2. The summed E-state index contributed by atoms with van der Waals surface area (Å²) in [5.74, 6) is 2.31. The number of hydrogen-bond donors (Lipinski definition) is 2. The van der Waals surface area contributed by atoms with E-state index in [1.165, 1.54) is 0 Å². The van der Waals surface area contributed by atoms with Gasteiger partial charge in [0.15, 0.2) is 17.3 Å². The summed E-state index contributed by atoms with van der Waals surface area (Å²) < 4.78 is 18.6. The second kappa shape index (κ2) is 10.1. The predicted molar refractivity (Wildman–Crippen MR) is 139 cm³/mol. The van der Waals surface area contributed by atoms with Crippen molar-refractivity contribution >= 4 is 11.9 Å². The fraction of sp³-hybridized carbons (Fsp3) is 0.179. The monoisotopic (exact) mass is 497 g/mol. The number of benzene rings is 3. The van der Waals surface area contributed by atoms with E-state index in [4.69, 9.17) is 25.0 Å². The van der Waals surface area contributed by atoms with Crippen LogP contribution in [-0.2, 0) is 11.4 Å². The van der Waals surface area contributed by atoms with E-state index in [2.05, 4.69) is 10.3 Å². The lowest BCUT2D eigenvalue weighted by Gasteiger charge is -2.28. The number of fused-ring (bicyclic) bond motifs is 1. The lowest BCUT2D eigenvalue weighted by molar-refractivity contribution is -0.115. The van der Waals surface area contributed by atoms with Crippen LogP contribution in [0.2, 0.25) is 0 Å². The molecule has 1 aromatic heterocycles. The van der Waals surface area contributed by atoms with Crippen LogP contribution in [0.4, 0.5) is 5.95 Å². The van der Waals surface area contributed by atoms with Crippen molar-refractivity contribution in [3.05, 3.63) is 95.2 Å². The largest absolute Gasteiger partial charge is 0.497 e. The number of amides is 1. The third kappa shape index (κ3) is 4.71. The number of ether oxygens (including phenoxy) is 3. The first-order valence-corrected chi connectivity index (χ1v) is 11.7. The first-order valence-electron chi connectivity index (χ1n) is 11.7. The number of nitrogens with one attached hydrogen (secondary N) is 1. The minimum atomic E-state index is -0.606. The quantitative estimate of drug-likeness (QED) is 0.373. The second-order valence-electron chi connectivity index (χ2n) is 8.55. The third-order valence-corrected chi connectivity index (χ3v) is 6.21. The SMILES string of the molecule is COc1ccc(-c2nc3n(n2)C(c2ccc(OCc4ccccc4)c(OC)c2)C(C(N)=O)=C(C)N3)cc1. The molecule has 37 heavy (non-hydrogen) atoms. The minimum absolute atomic E-state index is 0.388. The summed E-state index contributed by atoms with van der Waals surface area (Å²) in [6.07, 6.45) is 0. The highest BCUT2D eigenvalue weighted by atomic mass is 16.5. The number of carbonyl (C=O) groups is 1.